The Labute approximate surface area is 132 Å². The first-order valence-corrected chi connectivity index (χ1v) is 9.47. The van der Waals surface area contributed by atoms with Crippen LogP contribution in [0.5, 0.6) is 0 Å². The van der Waals surface area contributed by atoms with Crippen molar-refractivity contribution in [1.82, 2.24) is 4.31 Å². The first-order chi connectivity index (χ1) is 10.5. The van der Waals surface area contributed by atoms with Crippen LogP contribution in [-0.2, 0) is 14.8 Å². The third-order valence-electron chi connectivity index (χ3n) is 4.83. The van der Waals surface area contributed by atoms with E-state index < -0.39 is 22.0 Å². The van der Waals surface area contributed by atoms with Gasteiger partial charge in [-0.1, -0.05) is 18.2 Å². The zero-order valence-electron chi connectivity index (χ0n) is 11.7. The predicted molar refractivity (Wildman–Crippen MR) is 83.4 cm³/mol. The summed E-state index contributed by atoms with van der Waals surface area (Å²) in [7, 11) is -3.75. The maximum atomic E-state index is 12.9. The van der Waals surface area contributed by atoms with Gasteiger partial charge in [-0.3, -0.25) is 4.79 Å². The van der Waals surface area contributed by atoms with Crippen LogP contribution < -0.4 is 0 Å². The summed E-state index contributed by atoms with van der Waals surface area (Å²) in [6, 6.07) is 8.21. The first kappa shape index (κ1) is 14.2. The second-order valence-electron chi connectivity index (χ2n) is 5.96. The fourth-order valence-corrected chi connectivity index (χ4v) is 6.76. The smallest absolute Gasteiger partial charge is 0.322 e. The highest BCUT2D eigenvalue weighted by molar-refractivity contribution is 7.91. The van der Waals surface area contributed by atoms with Gasteiger partial charge in [0.25, 0.3) is 10.0 Å². The topological polar surface area (TPSA) is 74.7 Å². The third-order valence-corrected chi connectivity index (χ3v) is 8.24. The highest BCUT2D eigenvalue weighted by atomic mass is 32.2. The lowest BCUT2D eigenvalue weighted by molar-refractivity contribution is -0.142. The summed E-state index contributed by atoms with van der Waals surface area (Å²) in [6.07, 6.45) is 1.73. The van der Waals surface area contributed by atoms with Gasteiger partial charge in [0, 0.05) is 11.2 Å². The second-order valence-corrected chi connectivity index (χ2v) is 9.16. The lowest BCUT2D eigenvalue weighted by Crippen LogP contribution is -2.43. The van der Waals surface area contributed by atoms with E-state index in [4.69, 9.17) is 0 Å². The van der Waals surface area contributed by atoms with Crippen molar-refractivity contribution < 1.29 is 18.3 Å². The molecule has 116 valence electrons. The lowest BCUT2D eigenvalue weighted by Gasteiger charge is -2.31. The molecular formula is C15H15NO4S2. The molecule has 1 aromatic heterocycles. The first-order valence-electron chi connectivity index (χ1n) is 7.22. The minimum atomic E-state index is -3.75. The number of fused-ring (bicyclic) bond motifs is 2. The van der Waals surface area contributed by atoms with Gasteiger partial charge in [-0.25, -0.2) is 8.42 Å². The SMILES string of the molecule is O=C(O)[C@@H]1[C@H]2CC[C@H]2CN1S(=O)(=O)c1cc2ccccc2s1. The number of sulfonamides is 1. The molecule has 1 N–H and O–H groups in total. The van der Waals surface area contributed by atoms with E-state index in [0.717, 1.165) is 22.9 Å². The molecule has 1 aliphatic heterocycles. The van der Waals surface area contributed by atoms with Crippen molar-refractivity contribution in [2.24, 2.45) is 11.8 Å². The highest BCUT2D eigenvalue weighted by Crippen LogP contribution is 2.47. The number of carboxylic acid groups (broad SMARTS) is 1. The van der Waals surface area contributed by atoms with E-state index in [1.54, 1.807) is 6.07 Å². The molecular weight excluding hydrogens is 322 g/mol. The average Bonchev–Trinajstić information content (AvgIpc) is 2.99. The average molecular weight is 337 g/mol. The molecule has 1 aliphatic carbocycles. The zero-order chi connectivity index (χ0) is 15.5. The van der Waals surface area contributed by atoms with Gasteiger partial charge in [0.05, 0.1) is 0 Å². The fourth-order valence-electron chi connectivity index (χ4n) is 3.55. The van der Waals surface area contributed by atoms with Crippen molar-refractivity contribution >= 4 is 37.4 Å². The lowest BCUT2D eigenvalue weighted by atomic mass is 9.73. The molecule has 1 aromatic carbocycles. The van der Waals surface area contributed by atoms with Crippen LogP contribution in [0.1, 0.15) is 12.8 Å². The van der Waals surface area contributed by atoms with E-state index in [9.17, 15) is 18.3 Å². The predicted octanol–water partition coefficient (Wildman–Crippen LogP) is 2.39. The minimum absolute atomic E-state index is 0.0262. The van der Waals surface area contributed by atoms with E-state index in [1.807, 2.05) is 24.3 Å². The summed E-state index contributed by atoms with van der Waals surface area (Å²) in [5, 5.41) is 10.3. The van der Waals surface area contributed by atoms with Crippen LogP contribution in [0.4, 0.5) is 0 Å². The van der Waals surface area contributed by atoms with Crippen molar-refractivity contribution in [3.8, 4) is 0 Å². The Hall–Kier alpha value is -1.44. The second kappa shape index (κ2) is 4.78. The summed E-state index contributed by atoms with van der Waals surface area (Å²) in [5.41, 5.74) is 0. The number of rotatable bonds is 3. The van der Waals surface area contributed by atoms with Gasteiger partial charge in [-0.05, 0) is 42.2 Å². The monoisotopic (exact) mass is 337 g/mol. The van der Waals surface area contributed by atoms with Crippen molar-refractivity contribution in [1.29, 1.82) is 0 Å². The molecule has 3 atom stereocenters. The van der Waals surface area contributed by atoms with Gasteiger partial charge >= 0.3 is 5.97 Å². The van der Waals surface area contributed by atoms with Gasteiger partial charge in [-0.15, -0.1) is 11.3 Å². The Bertz CT molecular complexity index is 824. The molecule has 0 amide bonds. The fraction of sp³-hybridized carbons (Fsp3) is 0.400. The molecule has 0 spiro atoms. The summed E-state index contributed by atoms with van der Waals surface area (Å²) in [4.78, 5) is 11.5. The van der Waals surface area contributed by atoms with Crippen molar-refractivity contribution in [2.75, 3.05) is 6.54 Å². The standard InChI is InChI=1S/C15H15NO4S2/c17-15(18)14-11-6-5-10(11)8-16(14)22(19,20)13-7-9-3-1-2-4-12(9)21-13/h1-4,7,10-11,14H,5-6,8H2,(H,17,18)/t10-,11-,14-/m0/s1. The van der Waals surface area contributed by atoms with E-state index in [1.165, 1.54) is 15.6 Å². The number of carbonyl (C=O) groups is 1. The molecule has 2 fully saturated rings. The number of aliphatic carboxylic acids is 1. The van der Waals surface area contributed by atoms with Crippen LogP contribution in [0.25, 0.3) is 10.1 Å². The van der Waals surface area contributed by atoms with Crippen LogP contribution in [0, 0.1) is 11.8 Å². The number of nitrogens with zero attached hydrogens (tertiary/aromatic N) is 1. The van der Waals surface area contributed by atoms with Gasteiger partial charge in [0.1, 0.15) is 10.3 Å². The maximum Gasteiger partial charge on any atom is 0.322 e. The van der Waals surface area contributed by atoms with Crippen molar-refractivity contribution in [2.45, 2.75) is 23.1 Å². The van der Waals surface area contributed by atoms with Crippen LogP contribution in [0.15, 0.2) is 34.5 Å². The van der Waals surface area contributed by atoms with E-state index >= 15 is 0 Å². The summed E-state index contributed by atoms with van der Waals surface area (Å²) in [6.45, 7) is 0.332. The van der Waals surface area contributed by atoms with Gasteiger partial charge in [0.2, 0.25) is 0 Å². The molecule has 2 aromatic rings. The molecule has 5 nitrogen and oxygen atoms in total. The maximum absolute atomic E-state index is 12.9. The van der Waals surface area contributed by atoms with E-state index in [2.05, 4.69) is 0 Å². The Morgan fingerprint density at radius 2 is 2.05 bits per heavy atom. The van der Waals surface area contributed by atoms with Gasteiger partial charge < -0.3 is 5.11 Å². The van der Waals surface area contributed by atoms with Gasteiger partial charge in [0.15, 0.2) is 0 Å². The Kier molecular flexibility index (Phi) is 3.08. The minimum Gasteiger partial charge on any atom is -0.480 e. The molecule has 22 heavy (non-hydrogen) atoms. The Morgan fingerprint density at radius 3 is 2.68 bits per heavy atom. The summed E-state index contributed by atoms with van der Waals surface area (Å²) < 4.78 is 28.2. The Balaban J connectivity index is 1.78. The van der Waals surface area contributed by atoms with Crippen LogP contribution in [-0.4, -0.2) is 36.4 Å². The van der Waals surface area contributed by atoms with Crippen LogP contribution >= 0.6 is 11.3 Å². The molecule has 1 saturated carbocycles. The summed E-state index contributed by atoms with van der Waals surface area (Å²) in [5.74, 6) is -0.858. The van der Waals surface area contributed by atoms with E-state index in [-0.39, 0.29) is 16.0 Å². The normalized spacial score (nSPS) is 28.5. The quantitative estimate of drug-likeness (QED) is 0.933. The number of carboxylic acids is 1. The van der Waals surface area contributed by atoms with Crippen LogP contribution in [0.3, 0.4) is 0 Å². The molecule has 2 heterocycles. The van der Waals surface area contributed by atoms with E-state index in [0.29, 0.717) is 6.54 Å². The number of hydrogen-bond acceptors (Lipinski definition) is 4. The van der Waals surface area contributed by atoms with Crippen molar-refractivity contribution in [3.05, 3.63) is 30.3 Å². The number of thiophene rings is 1. The zero-order valence-corrected chi connectivity index (χ0v) is 13.3. The van der Waals surface area contributed by atoms with Gasteiger partial charge in [-0.2, -0.15) is 4.31 Å². The highest BCUT2D eigenvalue weighted by Gasteiger charge is 2.54. The molecule has 4 rings (SSSR count). The molecule has 1 saturated heterocycles. The molecule has 2 aliphatic rings. The number of benzene rings is 1. The third kappa shape index (κ3) is 1.92. The molecule has 0 radical (unpaired) electrons. The largest absolute Gasteiger partial charge is 0.480 e. The summed E-state index contributed by atoms with van der Waals surface area (Å²) >= 11 is 1.21. The van der Waals surface area contributed by atoms with Crippen molar-refractivity contribution in [3.63, 3.8) is 0 Å². The molecule has 0 unspecified atom stereocenters. The number of hydrogen-bond donors (Lipinski definition) is 1. The molecule has 7 heteroatoms. The van der Waals surface area contributed by atoms with Crippen LogP contribution in [0.2, 0.25) is 0 Å². The molecule has 0 bridgehead atoms. The Morgan fingerprint density at radius 1 is 1.27 bits per heavy atom.